The van der Waals surface area contributed by atoms with Gasteiger partial charge in [0.2, 0.25) is 5.78 Å². The normalized spacial score (nSPS) is 11.5. The number of aryl methyl sites for hydroxylation is 3. The minimum absolute atomic E-state index is 0.160. The van der Waals surface area contributed by atoms with Gasteiger partial charge in [-0.2, -0.15) is 0 Å². The fourth-order valence-electron chi connectivity index (χ4n) is 3.03. The summed E-state index contributed by atoms with van der Waals surface area (Å²) in [5.74, 6) is 1.50. The van der Waals surface area contributed by atoms with E-state index in [1.54, 1.807) is 17.8 Å². The van der Waals surface area contributed by atoms with Gasteiger partial charge in [-0.3, -0.25) is 4.79 Å². The van der Waals surface area contributed by atoms with Crippen LogP contribution in [0.15, 0.2) is 45.7 Å². The maximum atomic E-state index is 12.6. The number of thioether (sulfide) groups is 1. The molecule has 0 aliphatic heterocycles. The number of fused-ring (bicyclic) bond motifs is 1. The molecular formula is C22H22O3S. The van der Waals surface area contributed by atoms with Crippen molar-refractivity contribution in [2.24, 2.45) is 0 Å². The van der Waals surface area contributed by atoms with Crippen molar-refractivity contribution in [3.63, 3.8) is 0 Å². The van der Waals surface area contributed by atoms with Crippen LogP contribution in [-0.2, 0) is 0 Å². The molecule has 0 saturated heterocycles. The molecule has 0 bridgehead atoms. The van der Waals surface area contributed by atoms with E-state index in [0.717, 1.165) is 43.9 Å². The molecule has 26 heavy (non-hydrogen) atoms. The second-order valence-electron chi connectivity index (χ2n) is 6.35. The molecule has 0 spiro atoms. The van der Waals surface area contributed by atoms with Crippen molar-refractivity contribution in [2.75, 3.05) is 5.75 Å². The lowest BCUT2D eigenvalue weighted by Crippen LogP contribution is -1.94. The number of phenolic OH excluding ortho intramolecular Hbond substituents is 1. The highest BCUT2D eigenvalue weighted by molar-refractivity contribution is 7.99. The van der Waals surface area contributed by atoms with E-state index in [2.05, 4.69) is 13.0 Å². The molecule has 3 aromatic rings. The van der Waals surface area contributed by atoms with Gasteiger partial charge in [-0.25, -0.2) is 0 Å². The highest BCUT2D eigenvalue weighted by atomic mass is 32.2. The number of ketones is 1. The van der Waals surface area contributed by atoms with Crippen LogP contribution < -0.4 is 0 Å². The fraction of sp³-hybridized carbons (Fsp3) is 0.227. The first kappa shape index (κ1) is 18.3. The topological polar surface area (TPSA) is 50.4 Å². The molecule has 3 rings (SSSR count). The van der Waals surface area contributed by atoms with E-state index in [9.17, 15) is 9.90 Å². The van der Waals surface area contributed by atoms with Crippen molar-refractivity contribution < 1.29 is 14.3 Å². The van der Waals surface area contributed by atoms with Gasteiger partial charge in [-0.05, 0) is 79.6 Å². The van der Waals surface area contributed by atoms with Crippen molar-refractivity contribution >= 4 is 34.6 Å². The monoisotopic (exact) mass is 366 g/mol. The molecule has 4 heteroatoms. The van der Waals surface area contributed by atoms with E-state index in [0.29, 0.717) is 11.5 Å². The van der Waals surface area contributed by atoms with Crippen molar-refractivity contribution in [2.45, 2.75) is 32.6 Å². The maximum Gasteiger partial charge on any atom is 0.221 e. The molecule has 1 heterocycles. The summed E-state index contributed by atoms with van der Waals surface area (Å²) in [6, 6.07) is 9.77. The molecule has 0 radical (unpaired) electrons. The smallest absolute Gasteiger partial charge is 0.221 e. The Hall–Kier alpha value is -2.46. The Balaban J connectivity index is 1.91. The number of hydrogen-bond donors (Lipinski definition) is 1. The lowest BCUT2D eigenvalue weighted by atomic mass is 10.0. The molecule has 0 amide bonds. The van der Waals surface area contributed by atoms with Gasteiger partial charge >= 0.3 is 0 Å². The Morgan fingerprint density at radius 1 is 1.15 bits per heavy atom. The molecule has 0 unspecified atom stereocenters. The van der Waals surface area contributed by atoms with Crippen LogP contribution in [0.4, 0.5) is 0 Å². The number of hydrogen-bond acceptors (Lipinski definition) is 4. The number of aromatic hydroxyl groups is 1. The van der Waals surface area contributed by atoms with Crippen LogP contribution in [0.1, 0.15) is 39.7 Å². The van der Waals surface area contributed by atoms with E-state index >= 15 is 0 Å². The number of allylic oxidation sites excluding steroid dienone is 1. The number of furan rings is 1. The fourth-order valence-corrected chi connectivity index (χ4v) is 3.72. The molecule has 0 saturated carbocycles. The average molecular weight is 366 g/mol. The largest absolute Gasteiger partial charge is 0.507 e. The highest BCUT2D eigenvalue weighted by Gasteiger charge is 2.16. The SMILES string of the molecule is CCSc1ccc2c(C)c(C(=O)/C=C/c3cc(C)c(O)c(C)c3)oc2c1. The van der Waals surface area contributed by atoms with Gasteiger partial charge in [0.15, 0.2) is 5.76 Å². The van der Waals surface area contributed by atoms with E-state index in [1.807, 2.05) is 45.0 Å². The quantitative estimate of drug-likeness (QED) is 0.338. The summed E-state index contributed by atoms with van der Waals surface area (Å²) >= 11 is 1.75. The molecule has 3 nitrogen and oxygen atoms in total. The number of carbonyl (C=O) groups excluding carboxylic acids is 1. The zero-order valence-electron chi connectivity index (χ0n) is 15.4. The molecule has 1 N–H and O–H groups in total. The summed E-state index contributed by atoms with van der Waals surface area (Å²) in [4.78, 5) is 13.8. The van der Waals surface area contributed by atoms with Crippen LogP contribution in [0, 0.1) is 20.8 Å². The predicted molar refractivity (Wildman–Crippen MR) is 108 cm³/mol. The van der Waals surface area contributed by atoms with Crippen LogP contribution in [-0.4, -0.2) is 16.6 Å². The third-order valence-corrected chi connectivity index (χ3v) is 5.26. The van der Waals surface area contributed by atoms with Crippen LogP contribution in [0.5, 0.6) is 5.75 Å². The van der Waals surface area contributed by atoms with Crippen molar-refractivity contribution in [3.05, 3.63) is 64.4 Å². The molecule has 134 valence electrons. The van der Waals surface area contributed by atoms with Crippen LogP contribution in [0.25, 0.3) is 17.0 Å². The highest BCUT2D eigenvalue weighted by Crippen LogP contribution is 2.30. The lowest BCUT2D eigenvalue weighted by molar-refractivity contribution is 0.102. The van der Waals surface area contributed by atoms with Crippen LogP contribution >= 0.6 is 11.8 Å². The van der Waals surface area contributed by atoms with E-state index in [4.69, 9.17) is 4.42 Å². The van der Waals surface area contributed by atoms with Crippen molar-refractivity contribution in [1.29, 1.82) is 0 Å². The molecule has 0 fully saturated rings. The first-order valence-corrected chi connectivity index (χ1v) is 9.57. The Labute approximate surface area is 157 Å². The lowest BCUT2D eigenvalue weighted by Gasteiger charge is -2.04. The summed E-state index contributed by atoms with van der Waals surface area (Å²) in [6.07, 6.45) is 3.28. The number of phenols is 1. The minimum Gasteiger partial charge on any atom is -0.507 e. The zero-order chi connectivity index (χ0) is 18.8. The second kappa shape index (κ2) is 7.42. The molecule has 0 aliphatic rings. The first-order valence-electron chi connectivity index (χ1n) is 8.59. The molecule has 0 atom stereocenters. The summed E-state index contributed by atoms with van der Waals surface area (Å²) in [5, 5.41) is 10.8. The first-order chi connectivity index (χ1) is 12.4. The predicted octanol–water partition coefficient (Wildman–Crippen LogP) is 6.07. The van der Waals surface area contributed by atoms with Gasteiger partial charge in [0.1, 0.15) is 11.3 Å². The van der Waals surface area contributed by atoms with Gasteiger partial charge in [-0.1, -0.05) is 13.0 Å². The molecule has 2 aromatic carbocycles. The van der Waals surface area contributed by atoms with Gasteiger partial charge < -0.3 is 9.52 Å². The summed E-state index contributed by atoms with van der Waals surface area (Å²) in [5.41, 5.74) is 4.06. The summed E-state index contributed by atoms with van der Waals surface area (Å²) < 4.78 is 5.85. The van der Waals surface area contributed by atoms with Gasteiger partial charge in [0, 0.05) is 15.8 Å². The van der Waals surface area contributed by atoms with Crippen molar-refractivity contribution in [3.8, 4) is 5.75 Å². The molecule has 0 aliphatic carbocycles. The van der Waals surface area contributed by atoms with E-state index < -0.39 is 0 Å². The third kappa shape index (κ3) is 3.56. The second-order valence-corrected chi connectivity index (χ2v) is 7.69. The number of benzene rings is 2. The standard InChI is InChI=1S/C22H22O3S/c1-5-26-17-7-8-18-15(4)22(25-20(18)12-17)19(23)9-6-16-10-13(2)21(24)14(3)11-16/h6-12,24H,5H2,1-4H3/b9-6+. The van der Waals surface area contributed by atoms with Crippen LogP contribution in [0.2, 0.25) is 0 Å². The Morgan fingerprint density at radius 2 is 1.85 bits per heavy atom. The maximum absolute atomic E-state index is 12.6. The zero-order valence-corrected chi connectivity index (χ0v) is 16.2. The summed E-state index contributed by atoms with van der Waals surface area (Å²) in [6.45, 7) is 7.71. The Bertz CT molecular complexity index is 989. The molecule has 1 aromatic heterocycles. The van der Waals surface area contributed by atoms with Gasteiger partial charge in [-0.15, -0.1) is 11.8 Å². The third-order valence-electron chi connectivity index (χ3n) is 4.39. The van der Waals surface area contributed by atoms with Gasteiger partial charge in [0.25, 0.3) is 0 Å². The number of rotatable bonds is 5. The van der Waals surface area contributed by atoms with Crippen molar-refractivity contribution in [1.82, 2.24) is 0 Å². The molecular weight excluding hydrogens is 344 g/mol. The minimum atomic E-state index is -0.160. The Kier molecular flexibility index (Phi) is 5.23. The van der Waals surface area contributed by atoms with E-state index in [-0.39, 0.29) is 5.78 Å². The summed E-state index contributed by atoms with van der Waals surface area (Å²) in [7, 11) is 0. The van der Waals surface area contributed by atoms with Gasteiger partial charge in [0.05, 0.1) is 0 Å². The Morgan fingerprint density at radius 3 is 2.50 bits per heavy atom. The average Bonchev–Trinajstić information content (AvgIpc) is 2.94. The van der Waals surface area contributed by atoms with Crippen LogP contribution in [0.3, 0.4) is 0 Å². The number of carbonyl (C=O) groups is 1. The van der Waals surface area contributed by atoms with E-state index in [1.165, 1.54) is 6.08 Å².